The molecule has 0 radical (unpaired) electrons. The summed E-state index contributed by atoms with van der Waals surface area (Å²) in [4.78, 5) is 17.4. The molecule has 5 rings (SSSR count). The van der Waals surface area contributed by atoms with Crippen molar-refractivity contribution in [2.75, 3.05) is 0 Å². The lowest BCUT2D eigenvalue weighted by Crippen LogP contribution is -2.22. The van der Waals surface area contributed by atoms with Crippen molar-refractivity contribution in [2.24, 2.45) is 0 Å². The molecule has 1 saturated carbocycles. The highest BCUT2D eigenvalue weighted by Crippen LogP contribution is 2.56. The van der Waals surface area contributed by atoms with Crippen molar-refractivity contribution in [3.05, 3.63) is 86.5 Å². The largest absolute Gasteiger partial charge is 0.318 e. The molecule has 28 heavy (non-hydrogen) atoms. The molecule has 3 nitrogen and oxygen atoms in total. The first-order valence-electron chi connectivity index (χ1n) is 8.85. The minimum Gasteiger partial charge on any atom is -0.318 e. The van der Waals surface area contributed by atoms with Crippen molar-refractivity contribution in [3.8, 4) is 11.8 Å². The van der Waals surface area contributed by atoms with Crippen molar-refractivity contribution in [3.63, 3.8) is 0 Å². The zero-order valence-electron chi connectivity index (χ0n) is 14.5. The number of hydrogen-bond donors (Lipinski definition) is 0. The zero-order chi connectivity index (χ0) is 19.5. The molecule has 1 unspecified atom stereocenters. The smallest absolute Gasteiger partial charge is 0.174 e. The Kier molecular flexibility index (Phi) is 3.91. The van der Waals surface area contributed by atoms with Gasteiger partial charge in [-0.25, -0.2) is 13.8 Å². The number of carbonyl (C=O) groups excluding carboxylic acids is 1. The Morgan fingerprint density at radius 2 is 1.71 bits per heavy atom. The van der Waals surface area contributed by atoms with Crippen molar-refractivity contribution < 1.29 is 13.6 Å². The minimum atomic E-state index is -1.01. The highest BCUT2D eigenvalue weighted by Gasteiger charge is 2.62. The second kappa shape index (κ2) is 6.24. The Hall–Kier alpha value is -2.53. The average Bonchev–Trinajstić information content (AvgIpc) is 3.35. The van der Waals surface area contributed by atoms with Gasteiger partial charge in [-0.15, -0.1) is 0 Å². The highest BCUT2D eigenvalue weighted by molar-refractivity contribution is 14.1. The molecule has 0 N–H and O–H groups in total. The number of ketones is 1. The molecule has 2 aliphatic rings. The van der Waals surface area contributed by atoms with Crippen LogP contribution in [0.3, 0.4) is 0 Å². The second-order valence-corrected chi connectivity index (χ2v) is 8.22. The molecule has 0 saturated heterocycles. The first-order valence-corrected chi connectivity index (χ1v) is 9.93. The van der Waals surface area contributed by atoms with Crippen molar-refractivity contribution in [1.29, 1.82) is 0 Å². The molecule has 1 fully saturated rings. The number of rotatable bonds is 1. The first-order chi connectivity index (χ1) is 13.5. The van der Waals surface area contributed by atoms with Crippen LogP contribution < -0.4 is 0 Å². The van der Waals surface area contributed by atoms with E-state index in [1.807, 2.05) is 30.3 Å². The van der Waals surface area contributed by atoms with Crippen LogP contribution in [0.5, 0.6) is 0 Å². The maximum atomic E-state index is 14.9. The van der Waals surface area contributed by atoms with Gasteiger partial charge in [0.05, 0.1) is 11.0 Å². The predicted molar refractivity (Wildman–Crippen MR) is 108 cm³/mol. The van der Waals surface area contributed by atoms with Gasteiger partial charge < -0.3 is 4.57 Å². The number of imidazole rings is 1. The lowest BCUT2D eigenvalue weighted by atomic mass is 9.93. The standard InChI is InChI=1S/C22H13F2IN2O/c23-15-10-14(7-6-13-4-2-1-3-5-13)11-16(24)18(15)19-20(28)22(8-9-22)21-26-17(25)12-27(19)21/h1-5,10-12,19H,8-9H2. The van der Waals surface area contributed by atoms with Gasteiger partial charge in [0.2, 0.25) is 0 Å². The Morgan fingerprint density at radius 1 is 1.07 bits per heavy atom. The van der Waals surface area contributed by atoms with Crippen LogP contribution >= 0.6 is 22.6 Å². The topological polar surface area (TPSA) is 34.9 Å². The molecule has 1 atom stereocenters. The number of fused-ring (bicyclic) bond motifs is 2. The fourth-order valence-electron chi connectivity index (χ4n) is 3.86. The lowest BCUT2D eigenvalue weighted by Gasteiger charge is -2.15. The Balaban J connectivity index is 1.57. The number of nitrogens with zero attached hydrogens (tertiary/aromatic N) is 2. The molecule has 1 aliphatic carbocycles. The quantitative estimate of drug-likeness (QED) is 0.379. The van der Waals surface area contributed by atoms with E-state index < -0.39 is 23.1 Å². The van der Waals surface area contributed by atoms with Crippen LogP contribution in [0.2, 0.25) is 0 Å². The third-order valence-electron chi connectivity index (χ3n) is 5.36. The summed E-state index contributed by atoms with van der Waals surface area (Å²) in [5.74, 6) is 4.60. The van der Waals surface area contributed by atoms with E-state index in [9.17, 15) is 13.6 Å². The molecule has 2 heterocycles. The number of carbonyl (C=O) groups is 1. The molecule has 1 aliphatic heterocycles. The second-order valence-electron chi connectivity index (χ2n) is 7.11. The molecule has 1 aromatic heterocycles. The first kappa shape index (κ1) is 17.6. The molecule has 0 amide bonds. The molecule has 1 spiro atoms. The zero-order valence-corrected chi connectivity index (χ0v) is 16.7. The fourth-order valence-corrected chi connectivity index (χ4v) is 4.39. The van der Waals surface area contributed by atoms with Gasteiger partial charge in [0.15, 0.2) is 5.78 Å². The summed E-state index contributed by atoms with van der Waals surface area (Å²) >= 11 is 2.05. The van der Waals surface area contributed by atoms with E-state index in [4.69, 9.17) is 0 Å². The highest BCUT2D eigenvalue weighted by atomic mass is 127. The summed E-state index contributed by atoms with van der Waals surface area (Å²) in [6.07, 6.45) is 3.05. The van der Waals surface area contributed by atoms with E-state index >= 15 is 0 Å². The van der Waals surface area contributed by atoms with E-state index in [0.29, 0.717) is 22.4 Å². The van der Waals surface area contributed by atoms with Crippen LogP contribution in [0.25, 0.3) is 0 Å². The summed E-state index contributed by atoms with van der Waals surface area (Å²) in [6.45, 7) is 0. The van der Waals surface area contributed by atoms with Crippen molar-refractivity contribution in [1.82, 2.24) is 9.55 Å². The number of halogens is 3. The molecule has 0 bridgehead atoms. The summed E-state index contributed by atoms with van der Waals surface area (Å²) < 4.78 is 32.2. The molecule has 138 valence electrons. The SMILES string of the molecule is O=C1C(c2c(F)cc(C#Cc3ccccc3)cc2F)n2cc(I)nc2C12CC2. The summed E-state index contributed by atoms with van der Waals surface area (Å²) in [7, 11) is 0. The van der Waals surface area contributed by atoms with Gasteiger partial charge in [-0.3, -0.25) is 4.79 Å². The molecule has 2 aromatic carbocycles. The Morgan fingerprint density at radius 3 is 2.36 bits per heavy atom. The number of Topliss-reactive ketones (excluding diaryl/α,β-unsaturated/α-hetero) is 1. The Bertz CT molecular complexity index is 1160. The van der Waals surface area contributed by atoms with Gasteiger partial charge in [-0.1, -0.05) is 30.0 Å². The number of aromatic nitrogens is 2. The molecular weight excluding hydrogens is 473 g/mol. The number of benzene rings is 2. The van der Waals surface area contributed by atoms with E-state index in [1.165, 1.54) is 12.1 Å². The van der Waals surface area contributed by atoms with E-state index in [-0.39, 0.29) is 16.9 Å². The van der Waals surface area contributed by atoms with Crippen LogP contribution in [0.4, 0.5) is 8.78 Å². The van der Waals surface area contributed by atoms with Crippen LogP contribution in [-0.4, -0.2) is 15.3 Å². The van der Waals surface area contributed by atoms with E-state index in [0.717, 1.165) is 5.56 Å². The molecular formula is C22H13F2IN2O. The number of hydrogen-bond acceptors (Lipinski definition) is 2. The van der Waals surface area contributed by atoms with Crippen molar-refractivity contribution >= 4 is 28.4 Å². The van der Waals surface area contributed by atoms with Crippen molar-refractivity contribution in [2.45, 2.75) is 24.3 Å². The van der Waals surface area contributed by atoms with Gasteiger partial charge in [0.1, 0.15) is 27.2 Å². The van der Waals surface area contributed by atoms with Crippen LogP contribution in [0.15, 0.2) is 48.7 Å². The predicted octanol–water partition coefficient (Wildman–Crippen LogP) is 4.37. The third kappa shape index (κ3) is 2.60. The van der Waals surface area contributed by atoms with Crippen LogP contribution in [0, 0.1) is 27.2 Å². The third-order valence-corrected chi connectivity index (χ3v) is 5.88. The maximum Gasteiger partial charge on any atom is 0.174 e. The van der Waals surface area contributed by atoms with E-state index in [1.54, 1.807) is 10.8 Å². The monoisotopic (exact) mass is 486 g/mol. The van der Waals surface area contributed by atoms with Gasteiger partial charge >= 0.3 is 0 Å². The Labute approximate surface area is 173 Å². The summed E-state index contributed by atoms with van der Waals surface area (Å²) in [5, 5.41) is 0. The van der Waals surface area contributed by atoms with Crippen LogP contribution in [0.1, 0.15) is 41.4 Å². The van der Waals surface area contributed by atoms with E-state index in [2.05, 4.69) is 39.4 Å². The molecule has 6 heteroatoms. The molecule has 3 aromatic rings. The maximum absolute atomic E-state index is 14.9. The van der Waals surface area contributed by atoms with Gasteiger partial charge in [0, 0.05) is 17.3 Å². The summed E-state index contributed by atoms with van der Waals surface area (Å²) in [6, 6.07) is 10.6. The van der Waals surface area contributed by atoms with Gasteiger partial charge in [-0.2, -0.15) is 0 Å². The lowest BCUT2D eigenvalue weighted by molar-refractivity contribution is -0.122. The van der Waals surface area contributed by atoms with Gasteiger partial charge in [0.25, 0.3) is 0 Å². The average molecular weight is 486 g/mol. The summed E-state index contributed by atoms with van der Waals surface area (Å²) in [5.41, 5.74) is 0.0917. The minimum absolute atomic E-state index is 0.174. The normalized spacial score (nSPS) is 18.7. The van der Waals surface area contributed by atoms with Crippen LogP contribution in [-0.2, 0) is 10.2 Å². The van der Waals surface area contributed by atoms with Gasteiger partial charge in [-0.05, 0) is 59.7 Å². The fraction of sp³-hybridized carbons (Fsp3) is 0.182.